The Morgan fingerprint density at radius 1 is 1.17 bits per heavy atom. The number of allylic oxidation sites excluding steroid dienone is 1. The standard InChI is InChI=1S/C25H32O11/c1-10(2)24(33)35-17-5-11(3)19-15(7-14(17)12(4)23(31)32)13(6-16(19)27)9-34-25-22(30)21(29)20(28)18(8-26)36-25/h6-7,11,14,17-22,25-26,28-30H,1,4-5,8-9H2,2-3H3,(H,31,32). The van der Waals surface area contributed by atoms with Gasteiger partial charge in [0, 0.05) is 23.0 Å². The minimum absolute atomic E-state index is 0.143. The first-order valence-electron chi connectivity index (χ1n) is 11.5. The molecule has 36 heavy (non-hydrogen) atoms. The molecule has 0 aromatic heterocycles. The highest BCUT2D eigenvalue weighted by Gasteiger charge is 2.46. The van der Waals surface area contributed by atoms with Crippen LogP contribution in [-0.4, -0.2) is 93.3 Å². The van der Waals surface area contributed by atoms with Crippen LogP contribution in [0.4, 0.5) is 0 Å². The van der Waals surface area contributed by atoms with Gasteiger partial charge in [0.05, 0.1) is 13.2 Å². The Morgan fingerprint density at radius 3 is 2.42 bits per heavy atom. The number of hydrogen-bond acceptors (Lipinski definition) is 10. The van der Waals surface area contributed by atoms with E-state index < -0.39 is 67.2 Å². The first-order valence-corrected chi connectivity index (χ1v) is 11.5. The second-order valence-electron chi connectivity index (χ2n) is 9.47. The highest BCUT2D eigenvalue weighted by atomic mass is 16.7. The molecule has 1 heterocycles. The van der Waals surface area contributed by atoms with E-state index in [1.807, 2.05) is 0 Å². The Balaban J connectivity index is 1.89. The van der Waals surface area contributed by atoms with Crippen LogP contribution in [0.15, 0.2) is 47.6 Å². The lowest BCUT2D eigenvalue weighted by Crippen LogP contribution is -2.59. The Morgan fingerprint density at radius 2 is 1.83 bits per heavy atom. The zero-order chi connectivity index (χ0) is 26.9. The van der Waals surface area contributed by atoms with Gasteiger partial charge in [-0.1, -0.05) is 26.2 Å². The summed E-state index contributed by atoms with van der Waals surface area (Å²) >= 11 is 0. The second-order valence-corrected chi connectivity index (χ2v) is 9.47. The predicted octanol–water partition coefficient (Wildman–Crippen LogP) is -0.361. The van der Waals surface area contributed by atoms with Gasteiger partial charge in [0.15, 0.2) is 12.1 Å². The number of esters is 1. The minimum atomic E-state index is -1.63. The number of rotatable bonds is 8. The molecule has 0 bridgehead atoms. The number of fused-ring (bicyclic) bond motifs is 1. The number of ketones is 1. The quantitative estimate of drug-likeness (QED) is 0.213. The summed E-state index contributed by atoms with van der Waals surface area (Å²) in [6.45, 7) is 9.58. The minimum Gasteiger partial charge on any atom is -0.478 e. The average molecular weight is 509 g/mol. The smallest absolute Gasteiger partial charge is 0.333 e. The molecule has 11 nitrogen and oxygen atoms in total. The number of carboxylic acids is 1. The van der Waals surface area contributed by atoms with Gasteiger partial charge in [-0.3, -0.25) is 4.79 Å². The third-order valence-corrected chi connectivity index (χ3v) is 6.80. The van der Waals surface area contributed by atoms with E-state index in [4.69, 9.17) is 14.2 Å². The normalized spacial score (nSPS) is 36.3. The molecule has 0 radical (unpaired) electrons. The number of aliphatic hydroxyl groups is 4. The van der Waals surface area contributed by atoms with Gasteiger partial charge in [0.25, 0.3) is 0 Å². The van der Waals surface area contributed by atoms with Crippen LogP contribution >= 0.6 is 0 Å². The number of carboxylic acid groups (broad SMARTS) is 1. The van der Waals surface area contributed by atoms with Crippen molar-refractivity contribution in [2.24, 2.45) is 17.8 Å². The van der Waals surface area contributed by atoms with Crippen molar-refractivity contribution in [3.8, 4) is 0 Å². The lowest BCUT2D eigenvalue weighted by Gasteiger charge is -2.39. The van der Waals surface area contributed by atoms with Crippen molar-refractivity contribution in [1.29, 1.82) is 0 Å². The molecule has 9 unspecified atom stereocenters. The van der Waals surface area contributed by atoms with Crippen molar-refractivity contribution < 1.29 is 54.1 Å². The molecule has 1 saturated heterocycles. The molecule has 0 spiro atoms. The number of hydrogen-bond donors (Lipinski definition) is 5. The molecule has 3 aliphatic rings. The lowest BCUT2D eigenvalue weighted by atomic mass is 9.85. The van der Waals surface area contributed by atoms with Crippen LogP contribution in [-0.2, 0) is 28.6 Å². The van der Waals surface area contributed by atoms with E-state index in [0.717, 1.165) is 0 Å². The SMILES string of the molecule is C=C(C)C(=O)OC1CC(C)C2C(=O)C=C(COC3OC(CO)C(O)C(O)C3O)C2=CC1C(=C)C(=O)O. The molecule has 198 valence electrons. The van der Waals surface area contributed by atoms with Gasteiger partial charge in [0.2, 0.25) is 0 Å². The zero-order valence-corrected chi connectivity index (χ0v) is 20.1. The molecule has 1 aliphatic heterocycles. The summed E-state index contributed by atoms with van der Waals surface area (Å²) in [5.41, 5.74) is 0.801. The van der Waals surface area contributed by atoms with Gasteiger partial charge in [0.1, 0.15) is 30.5 Å². The van der Waals surface area contributed by atoms with Crippen LogP contribution in [0.25, 0.3) is 0 Å². The molecule has 0 aromatic carbocycles. The molecule has 0 aromatic rings. The highest BCUT2D eigenvalue weighted by molar-refractivity contribution is 6.00. The van der Waals surface area contributed by atoms with Crippen LogP contribution in [0.1, 0.15) is 20.3 Å². The summed E-state index contributed by atoms with van der Waals surface area (Å²) in [7, 11) is 0. The summed E-state index contributed by atoms with van der Waals surface area (Å²) in [5.74, 6) is -4.13. The maximum absolute atomic E-state index is 12.9. The van der Waals surface area contributed by atoms with Crippen LogP contribution in [0.5, 0.6) is 0 Å². The summed E-state index contributed by atoms with van der Waals surface area (Å²) in [6, 6.07) is 0. The van der Waals surface area contributed by atoms with E-state index in [2.05, 4.69) is 13.2 Å². The summed E-state index contributed by atoms with van der Waals surface area (Å²) in [4.78, 5) is 36.9. The molecule has 0 saturated carbocycles. The van der Waals surface area contributed by atoms with E-state index in [1.54, 1.807) is 13.0 Å². The van der Waals surface area contributed by atoms with Crippen molar-refractivity contribution in [3.63, 3.8) is 0 Å². The predicted molar refractivity (Wildman–Crippen MR) is 123 cm³/mol. The molecule has 2 aliphatic carbocycles. The summed E-state index contributed by atoms with van der Waals surface area (Å²) < 4.78 is 16.5. The molecule has 9 atom stereocenters. The summed E-state index contributed by atoms with van der Waals surface area (Å²) in [6.07, 6.45) is -5.16. The third kappa shape index (κ3) is 5.51. The van der Waals surface area contributed by atoms with Crippen LogP contribution in [0, 0.1) is 17.8 Å². The third-order valence-electron chi connectivity index (χ3n) is 6.80. The van der Waals surface area contributed by atoms with Gasteiger partial charge in [-0.2, -0.15) is 0 Å². The maximum atomic E-state index is 12.9. The highest BCUT2D eigenvalue weighted by Crippen LogP contribution is 2.43. The Bertz CT molecular complexity index is 994. The van der Waals surface area contributed by atoms with Gasteiger partial charge < -0.3 is 39.7 Å². The number of carbonyl (C=O) groups is 3. The fraction of sp³-hybridized carbons (Fsp3) is 0.560. The van der Waals surface area contributed by atoms with Crippen molar-refractivity contribution in [2.75, 3.05) is 13.2 Å². The van der Waals surface area contributed by atoms with Gasteiger partial charge >= 0.3 is 11.9 Å². The second kappa shape index (κ2) is 11.2. The largest absolute Gasteiger partial charge is 0.478 e. The number of ether oxygens (including phenoxy) is 3. The molecule has 0 amide bonds. The fourth-order valence-electron chi connectivity index (χ4n) is 4.77. The van der Waals surface area contributed by atoms with E-state index in [-0.39, 0.29) is 35.9 Å². The van der Waals surface area contributed by atoms with Crippen molar-refractivity contribution in [1.82, 2.24) is 0 Å². The average Bonchev–Trinajstić information content (AvgIpc) is 3.05. The van der Waals surface area contributed by atoms with E-state index in [9.17, 15) is 39.9 Å². The number of carbonyl (C=O) groups excluding carboxylic acids is 2. The van der Waals surface area contributed by atoms with Crippen LogP contribution in [0.3, 0.4) is 0 Å². The van der Waals surface area contributed by atoms with Gasteiger partial charge in [-0.15, -0.1) is 0 Å². The molecular formula is C25H32O11. The first-order chi connectivity index (χ1) is 16.9. The molecular weight excluding hydrogens is 476 g/mol. The van der Waals surface area contributed by atoms with Crippen molar-refractivity contribution in [2.45, 2.75) is 57.1 Å². The number of aliphatic hydroxyl groups excluding tert-OH is 4. The zero-order valence-electron chi connectivity index (χ0n) is 20.1. The summed E-state index contributed by atoms with van der Waals surface area (Å²) in [5, 5.41) is 49.1. The monoisotopic (exact) mass is 508 g/mol. The molecule has 5 N–H and O–H groups in total. The fourth-order valence-corrected chi connectivity index (χ4v) is 4.77. The van der Waals surface area contributed by atoms with Gasteiger partial charge in [-0.05, 0) is 36.5 Å². The Kier molecular flexibility index (Phi) is 8.65. The Hall–Kier alpha value is -2.67. The van der Waals surface area contributed by atoms with Crippen molar-refractivity contribution in [3.05, 3.63) is 47.6 Å². The lowest BCUT2D eigenvalue weighted by molar-refractivity contribution is -0.298. The molecule has 11 heteroatoms. The molecule has 1 fully saturated rings. The first kappa shape index (κ1) is 27.9. The topological polar surface area (TPSA) is 180 Å². The number of aliphatic carboxylic acids is 1. The van der Waals surface area contributed by atoms with E-state index in [0.29, 0.717) is 11.1 Å². The van der Waals surface area contributed by atoms with Gasteiger partial charge in [-0.25, -0.2) is 9.59 Å². The van der Waals surface area contributed by atoms with Crippen LogP contribution in [0.2, 0.25) is 0 Å². The molecule has 3 rings (SSSR count). The van der Waals surface area contributed by atoms with Crippen molar-refractivity contribution >= 4 is 17.7 Å². The Labute approximate surface area is 208 Å². The van der Waals surface area contributed by atoms with Crippen LogP contribution < -0.4 is 0 Å². The van der Waals surface area contributed by atoms with E-state index in [1.165, 1.54) is 13.0 Å². The van der Waals surface area contributed by atoms with E-state index >= 15 is 0 Å². The maximum Gasteiger partial charge on any atom is 0.333 e.